The SMILES string of the molecule is COc1cc2cc(C(=O)Nc3ccc(OCCN4CCCC4)cc3)[nH]c2cc1OC. The highest BCUT2D eigenvalue weighted by molar-refractivity contribution is 6.06. The monoisotopic (exact) mass is 409 g/mol. The molecule has 30 heavy (non-hydrogen) atoms. The van der Waals surface area contributed by atoms with Gasteiger partial charge in [-0.15, -0.1) is 0 Å². The average Bonchev–Trinajstić information content (AvgIpc) is 3.43. The van der Waals surface area contributed by atoms with Crippen LogP contribution < -0.4 is 19.5 Å². The normalized spacial score (nSPS) is 14.1. The lowest BCUT2D eigenvalue weighted by molar-refractivity contribution is 0.102. The number of amides is 1. The molecule has 0 saturated carbocycles. The summed E-state index contributed by atoms with van der Waals surface area (Å²) in [5.74, 6) is 1.82. The lowest BCUT2D eigenvalue weighted by Crippen LogP contribution is -2.25. The molecule has 2 heterocycles. The summed E-state index contributed by atoms with van der Waals surface area (Å²) in [6.07, 6.45) is 2.57. The van der Waals surface area contributed by atoms with E-state index in [1.165, 1.54) is 25.9 Å². The lowest BCUT2D eigenvalue weighted by atomic mass is 10.2. The number of benzene rings is 2. The van der Waals surface area contributed by atoms with Gasteiger partial charge >= 0.3 is 0 Å². The zero-order chi connectivity index (χ0) is 20.9. The highest BCUT2D eigenvalue weighted by atomic mass is 16.5. The van der Waals surface area contributed by atoms with Crippen LogP contribution in [0, 0.1) is 0 Å². The molecule has 2 N–H and O–H groups in total. The maximum atomic E-state index is 12.7. The van der Waals surface area contributed by atoms with Gasteiger partial charge in [0, 0.05) is 29.2 Å². The number of carbonyl (C=O) groups is 1. The van der Waals surface area contributed by atoms with Crippen molar-refractivity contribution in [2.24, 2.45) is 0 Å². The number of hydrogen-bond acceptors (Lipinski definition) is 5. The van der Waals surface area contributed by atoms with Gasteiger partial charge in [-0.25, -0.2) is 0 Å². The first-order valence-corrected chi connectivity index (χ1v) is 10.2. The molecule has 1 amide bonds. The maximum Gasteiger partial charge on any atom is 0.272 e. The summed E-state index contributed by atoms with van der Waals surface area (Å²) in [5.41, 5.74) is 1.98. The molecular formula is C23H27N3O4. The van der Waals surface area contributed by atoms with Gasteiger partial charge in [0.15, 0.2) is 11.5 Å². The topological polar surface area (TPSA) is 75.8 Å². The zero-order valence-electron chi connectivity index (χ0n) is 17.4. The molecule has 1 aromatic heterocycles. The summed E-state index contributed by atoms with van der Waals surface area (Å²) in [5, 5.41) is 3.78. The molecule has 1 fully saturated rings. The fourth-order valence-electron chi connectivity index (χ4n) is 3.71. The quantitative estimate of drug-likeness (QED) is 0.590. The Labute approximate surface area is 175 Å². The molecule has 1 aliphatic heterocycles. The van der Waals surface area contributed by atoms with E-state index in [4.69, 9.17) is 14.2 Å². The van der Waals surface area contributed by atoms with Gasteiger partial charge in [-0.3, -0.25) is 9.69 Å². The van der Waals surface area contributed by atoms with E-state index in [1.807, 2.05) is 36.4 Å². The molecule has 0 radical (unpaired) electrons. The first-order valence-electron chi connectivity index (χ1n) is 10.2. The number of carbonyl (C=O) groups excluding carboxylic acids is 1. The van der Waals surface area contributed by atoms with Crippen LogP contribution in [-0.4, -0.2) is 56.3 Å². The van der Waals surface area contributed by atoms with Crippen molar-refractivity contribution >= 4 is 22.5 Å². The fraction of sp³-hybridized carbons (Fsp3) is 0.348. The molecule has 2 aromatic carbocycles. The third kappa shape index (κ3) is 4.52. The molecule has 0 unspecified atom stereocenters. The van der Waals surface area contributed by atoms with E-state index in [0.29, 0.717) is 29.5 Å². The molecule has 1 aliphatic rings. The minimum atomic E-state index is -0.216. The number of rotatable bonds is 8. The molecule has 4 rings (SSSR count). The van der Waals surface area contributed by atoms with Gasteiger partial charge in [0.25, 0.3) is 5.91 Å². The molecule has 1 saturated heterocycles. The van der Waals surface area contributed by atoms with Crippen molar-refractivity contribution < 1.29 is 19.0 Å². The summed E-state index contributed by atoms with van der Waals surface area (Å²) in [6, 6.07) is 12.9. The molecule has 0 bridgehead atoms. The van der Waals surface area contributed by atoms with Crippen LogP contribution in [0.15, 0.2) is 42.5 Å². The molecular weight excluding hydrogens is 382 g/mol. The lowest BCUT2D eigenvalue weighted by Gasteiger charge is -2.15. The zero-order valence-corrected chi connectivity index (χ0v) is 17.4. The van der Waals surface area contributed by atoms with Gasteiger partial charge in [0.1, 0.15) is 18.1 Å². The van der Waals surface area contributed by atoms with E-state index >= 15 is 0 Å². The van der Waals surface area contributed by atoms with Crippen molar-refractivity contribution in [1.82, 2.24) is 9.88 Å². The van der Waals surface area contributed by atoms with E-state index in [2.05, 4.69) is 15.2 Å². The van der Waals surface area contributed by atoms with Crippen LogP contribution >= 0.6 is 0 Å². The van der Waals surface area contributed by atoms with Crippen molar-refractivity contribution in [2.75, 3.05) is 45.8 Å². The molecule has 0 spiro atoms. The van der Waals surface area contributed by atoms with Crippen molar-refractivity contribution in [1.29, 1.82) is 0 Å². The number of fused-ring (bicyclic) bond motifs is 1. The van der Waals surface area contributed by atoms with Crippen LogP contribution in [0.3, 0.4) is 0 Å². The highest BCUT2D eigenvalue weighted by Gasteiger charge is 2.14. The predicted molar refractivity (Wildman–Crippen MR) is 117 cm³/mol. The third-order valence-corrected chi connectivity index (χ3v) is 5.36. The van der Waals surface area contributed by atoms with E-state index in [1.54, 1.807) is 20.3 Å². The van der Waals surface area contributed by atoms with Gasteiger partial charge in [0.05, 0.1) is 14.2 Å². The Hall–Kier alpha value is -3.19. The molecule has 7 heteroatoms. The van der Waals surface area contributed by atoms with Crippen LogP contribution in [0.1, 0.15) is 23.3 Å². The van der Waals surface area contributed by atoms with Crippen LogP contribution in [0.5, 0.6) is 17.2 Å². The standard InChI is InChI=1S/C23H27N3O4/c1-28-21-14-16-13-20(25-19(16)15-22(21)29-2)23(27)24-17-5-7-18(8-6-17)30-12-11-26-9-3-4-10-26/h5-8,13-15,25H,3-4,9-12H2,1-2H3,(H,24,27). The molecule has 0 aliphatic carbocycles. The third-order valence-electron chi connectivity index (χ3n) is 5.36. The first kappa shape index (κ1) is 20.1. The first-order chi connectivity index (χ1) is 14.7. The number of aromatic amines is 1. The van der Waals surface area contributed by atoms with Crippen molar-refractivity contribution in [3.8, 4) is 17.2 Å². The van der Waals surface area contributed by atoms with Crippen LogP contribution in [0.25, 0.3) is 10.9 Å². The van der Waals surface area contributed by atoms with Crippen LogP contribution in [0.2, 0.25) is 0 Å². The molecule has 7 nitrogen and oxygen atoms in total. The number of nitrogens with zero attached hydrogens (tertiary/aromatic N) is 1. The molecule has 3 aromatic rings. The Bertz CT molecular complexity index is 966. The van der Waals surface area contributed by atoms with Gasteiger partial charge in [0.2, 0.25) is 0 Å². The molecule has 158 valence electrons. The van der Waals surface area contributed by atoms with Gasteiger partial charge in [-0.1, -0.05) is 0 Å². The highest BCUT2D eigenvalue weighted by Crippen LogP contribution is 2.32. The number of anilines is 1. The van der Waals surface area contributed by atoms with Crippen LogP contribution in [0.4, 0.5) is 5.69 Å². The number of methoxy groups -OCH3 is 2. The summed E-state index contributed by atoms with van der Waals surface area (Å²) in [6.45, 7) is 3.96. The number of nitrogens with one attached hydrogen (secondary N) is 2. The van der Waals surface area contributed by atoms with Crippen molar-refractivity contribution in [3.63, 3.8) is 0 Å². The molecule has 0 atom stereocenters. The van der Waals surface area contributed by atoms with E-state index in [-0.39, 0.29) is 5.91 Å². The van der Waals surface area contributed by atoms with Crippen molar-refractivity contribution in [2.45, 2.75) is 12.8 Å². The van der Waals surface area contributed by atoms with Gasteiger partial charge < -0.3 is 24.5 Å². The smallest absolute Gasteiger partial charge is 0.272 e. The van der Waals surface area contributed by atoms with E-state index in [9.17, 15) is 4.79 Å². The van der Waals surface area contributed by atoms with Crippen molar-refractivity contribution in [3.05, 3.63) is 48.2 Å². The average molecular weight is 409 g/mol. The summed E-state index contributed by atoms with van der Waals surface area (Å²) >= 11 is 0. The van der Waals surface area contributed by atoms with E-state index in [0.717, 1.165) is 23.2 Å². The summed E-state index contributed by atoms with van der Waals surface area (Å²) in [7, 11) is 3.17. The fourth-order valence-corrected chi connectivity index (χ4v) is 3.71. The number of aromatic nitrogens is 1. The number of hydrogen-bond donors (Lipinski definition) is 2. The Balaban J connectivity index is 1.37. The second-order valence-electron chi connectivity index (χ2n) is 7.35. The Morgan fingerprint density at radius 1 is 1.03 bits per heavy atom. The van der Waals surface area contributed by atoms with E-state index < -0.39 is 0 Å². The summed E-state index contributed by atoms with van der Waals surface area (Å²) < 4.78 is 16.5. The largest absolute Gasteiger partial charge is 0.493 e. The second-order valence-corrected chi connectivity index (χ2v) is 7.35. The minimum Gasteiger partial charge on any atom is -0.493 e. The van der Waals surface area contributed by atoms with Gasteiger partial charge in [-0.05, 0) is 62.3 Å². The predicted octanol–water partition coefficient (Wildman–Crippen LogP) is 3.91. The maximum absolute atomic E-state index is 12.7. The van der Waals surface area contributed by atoms with Crippen LogP contribution in [-0.2, 0) is 0 Å². The minimum absolute atomic E-state index is 0.216. The Morgan fingerprint density at radius 3 is 2.43 bits per heavy atom. The Kier molecular flexibility index (Phi) is 6.09. The second kappa shape index (κ2) is 9.09. The van der Waals surface area contributed by atoms with Gasteiger partial charge in [-0.2, -0.15) is 0 Å². The number of H-pyrrole nitrogens is 1. The summed E-state index contributed by atoms with van der Waals surface area (Å²) in [4.78, 5) is 18.2. The Morgan fingerprint density at radius 2 is 1.73 bits per heavy atom. The number of likely N-dealkylation sites (tertiary alicyclic amines) is 1. The number of ether oxygens (including phenoxy) is 3.